The summed E-state index contributed by atoms with van der Waals surface area (Å²) in [4.78, 5) is 12.0. The maximum Gasteiger partial charge on any atom is 0.272 e. The van der Waals surface area contributed by atoms with E-state index in [-0.39, 0.29) is 0 Å². The second kappa shape index (κ2) is 8.08. The molecule has 0 fully saturated rings. The van der Waals surface area contributed by atoms with Crippen LogP contribution in [0.25, 0.3) is 11.3 Å². The molecule has 0 aliphatic rings. The normalized spacial score (nSPS) is 10.9. The Balaban J connectivity index is 1.68. The van der Waals surface area contributed by atoms with Gasteiger partial charge in [0.2, 0.25) is 0 Å². The summed E-state index contributed by atoms with van der Waals surface area (Å²) in [5.41, 5.74) is 3.56. The number of amides is 1. The van der Waals surface area contributed by atoms with Gasteiger partial charge in [0.05, 0.1) is 28.9 Å². The number of nitrogens with zero attached hydrogens (tertiary/aromatic N) is 1. The summed E-state index contributed by atoms with van der Waals surface area (Å²) in [7, 11) is 1.55. The number of carbonyl (C=O) groups excluding carboxylic acids is 1. The van der Waals surface area contributed by atoms with Crippen molar-refractivity contribution in [1.82, 2.24) is 5.43 Å². The molecule has 1 aromatic heterocycles. The second-order valence-corrected chi connectivity index (χ2v) is 6.04. The first kappa shape index (κ1) is 18.0. The number of hydrogen-bond acceptors (Lipinski definition) is 4. The fourth-order valence-corrected chi connectivity index (χ4v) is 2.74. The number of rotatable bonds is 5. The number of hydrazone groups is 1. The second-order valence-electron chi connectivity index (χ2n) is 5.23. The lowest BCUT2D eigenvalue weighted by atomic mass is 10.2. The largest absolute Gasteiger partial charge is 0.495 e. The molecule has 0 atom stereocenters. The third-order valence-corrected chi connectivity index (χ3v) is 4.16. The van der Waals surface area contributed by atoms with Crippen LogP contribution in [0.2, 0.25) is 10.0 Å². The van der Waals surface area contributed by atoms with Gasteiger partial charge in [-0.15, -0.1) is 0 Å². The predicted octanol–water partition coefficient (Wildman–Crippen LogP) is 5.03. The SMILES string of the molecule is COc1ccc(-c2ccc(/C=N\NC(=O)c3ccccc3Cl)o2)cc1Cl. The van der Waals surface area contributed by atoms with Crippen LogP contribution in [0.1, 0.15) is 16.1 Å². The van der Waals surface area contributed by atoms with Gasteiger partial charge in [-0.2, -0.15) is 5.10 Å². The topological polar surface area (TPSA) is 63.8 Å². The van der Waals surface area contributed by atoms with Crippen molar-refractivity contribution >= 4 is 35.3 Å². The van der Waals surface area contributed by atoms with Crippen molar-refractivity contribution in [1.29, 1.82) is 0 Å². The Kier molecular flexibility index (Phi) is 5.61. The van der Waals surface area contributed by atoms with E-state index >= 15 is 0 Å². The molecule has 5 nitrogen and oxygen atoms in total. The summed E-state index contributed by atoms with van der Waals surface area (Å²) in [6.45, 7) is 0. The third-order valence-electron chi connectivity index (χ3n) is 3.54. The Morgan fingerprint density at radius 2 is 1.92 bits per heavy atom. The number of carbonyl (C=O) groups is 1. The minimum Gasteiger partial charge on any atom is -0.495 e. The standard InChI is InChI=1S/C19H14Cl2N2O3/c1-25-18-8-6-12(10-16(18)21)17-9-7-13(26-17)11-22-23-19(24)14-4-2-3-5-15(14)20/h2-11H,1H3,(H,23,24)/b22-11-. The third kappa shape index (κ3) is 4.07. The van der Waals surface area contributed by atoms with E-state index in [0.717, 1.165) is 5.56 Å². The molecule has 132 valence electrons. The fourth-order valence-electron chi connectivity index (χ4n) is 2.26. The number of halogens is 2. The van der Waals surface area contributed by atoms with Crippen LogP contribution in [0, 0.1) is 0 Å². The van der Waals surface area contributed by atoms with Gasteiger partial charge in [0, 0.05) is 5.56 Å². The lowest BCUT2D eigenvalue weighted by Gasteiger charge is -2.04. The molecule has 3 rings (SSSR count). The zero-order chi connectivity index (χ0) is 18.5. The summed E-state index contributed by atoms with van der Waals surface area (Å²) < 4.78 is 10.8. The maximum atomic E-state index is 12.0. The minimum atomic E-state index is -0.402. The summed E-state index contributed by atoms with van der Waals surface area (Å²) >= 11 is 12.1. The fraction of sp³-hybridized carbons (Fsp3) is 0.0526. The van der Waals surface area contributed by atoms with E-state index in [2.05, 4.69) is 10.5 Å². The molecule has 3 aromatic rings. The summed E-state index contributed by atoms with van der Waals surface area (Å²) in [6.07, 6.45) is 1.41. The van der Waals surface area contributed by atoms with E-state index in [1.165, 1.54) is 6.21 Å². The van der Waals surface area contributed by atoms with Gasteiger partial charge in [-0.05, 0) is 42.5 Å². The van der Waals surface area contributed by atoms with Crippen molar-refractivity contribution in [3.8, 4) is 17.1 Å². The maximum absolute atomic E-state index is 12.0. The predicted molar refractivity (Wildman–Crippen MR) is 102 cm³/mol. The summed E-state index contributed by atoms with van der Waals surface area (Å²) in [5.74, 6) is 1.28. The van der Waals surface area contributed by atoms with E-state index in [1.54, 1.807) is 55.6 Å². The highest BCUT2D eigenvalue weighted by Crippen LogP contribution is 2.30. The van der Waals surface area contributed by atoms with Crippen LogP contribution in [-0.2, 0) is 0 Å². The zero-order valence-electron chi connectivity index (χ0n) is 13.7. The van der Waals surface area contributed by atoms with E-state index in [4.69, 9.17) is 32.4 Å². The highest BCUT2D eigenvalue weighted by molar-refractivity contribution is 6.33. The van der Waals surface area contributed by atoms with Gasteiger partial charge >= 0.3 is 0 Å². The first-order chi connectivity index (χ1) is 12.6. The van der Waals surface area contributed by atoms with Gasteiger partial charge in [0.25, 0.3) is 5.91 Å². The van der Waals surface area contributed by atoms with Gasteiger partial charge in [0.1, 0.15) is 17.3 Å². The molecule has 7 heteroatoms. The van der Waals surface area contributed by atoms with E-state index in [1.807, 2.05) is 6.07 Å². The van der Waals surface area contributed by atoms with Crippen molar-refractivity contribution in [3.63, 3.8) is 0 Å². The molecule has 0 saturated carbocycles. The van der Waals surface area contributed by atoms with Crippen molar-refractivity contribution in [3.05, 3.63) is 76.0 Å². The lowest BCUT2D eigenvalue weighted by Crippen LogP contribution is -2.17. The van der Waals surface area contributed by atoms with Gasteiger partial charge in [-0.1, -0.05) is 35.3 Å². The summed E-state index contributed by atoms with van der Waals surface area (Å²) in [6, 6.07) is 15.6. The highest BCUT2D eigenvalue weighted by Gasteiger charge is 2.09. The van der Waals surface area contributed by atoms with Crippen molar-refractivity contribution in [2.24, 2.45) is 5.10 Å². The monoisotopic (exact) mass is 388 g/mol. The molecule has 0 radical (unpaired) electrons. The molecule has 1 amide bonds. The quantitative estimate of drug-likeness (QED) is 0.492. The smallest absolute Gasteiger partial charge is 0.272 e. The van der Waals surface area contributed by atoms with E-state index in [0.29, 0.717) is 32.9 Å². The lowest BCUT2D eigenvalue weighted by molar-refractivity contribution is 0.0955. The Bertz CT molecular complexity index is 967. The number of methoxy groups -OCH3 is 1. The van der Waals surface area contributed by atoms with Gasteiger partial charge in [-0.3, -0.25) is 4.79 Å². The van der Waals surface area contributed by atoms with Crippen LogP contribution < -0.4 is 10.2 Å². The Labute approximate surface area is 160 Å². The molecule has 0 aliphatic carbocycles. The number of nitrogens with one attached hydrogen (secondary N) is 1. The van der Waals surface area contributed by atoms with Crippen LogP contribution in [0.4, 0.5) is 0 Å². The Morgan fingerprint density at radius 1 is 1.12 bits per heavy atom. The number of hydrogen-bond donors (Lipinski definition) is 1. The van der Waals surface area contributed by atoms with Gasteiger partial charge < -0.3 is 9.15 Å². The molecular formula is C19H14Cl2N2O3. The number of furan rings is 1. The zero-order valence-corrected chi connectivity index (χ0v) is 15.2. The molecule has 1 heterocycles. The molecular weight excluding hydrogens is 375 g/mol. The first-order valence-electron chi connectivity index (χ1n) is 7.60. The van der Waals surface area contributed by atoms with Crippen LogP contribution in [-0.4, -0.2) is 19.2 Å². The number of benzene rings is 2. The van der Waals surface area contributed by atoms with Crippen LogP contribution in [0.5, 0.6) is 5.75 Å². The molecule has 1 N–H and O–H groups in total. The molecule has 0 aliphatic heterocycles. The van der Waals surface area contributed by atoms with E-state index < -0.39 is 5.91 Å². The first-order valence-corrected chi connectivity index (χ1v) is 8.36. The van der Waals surface area contributed by atoms with Gasteiger partial charge in [-0.25, -0.2) is 5.43 Å². The molecule has 0 bridgehead atoms. The highest BCUT2D eigenvalue weighted by atomic mass is 35.5. The van der Waals surface area contributed by atoms with Crippen LogP contribution >= 0.6 is 23.2 Å². The average molecular weight is 389 g/mol. The van der Waals surface area contributed by atoms with Gasteiger partial charge in [0.15, 0.2) is 0 Å². The molecule has 0 spiro atoms. The Morgan fingerprint density at radius 3 is 2.65 bits per heavy atom. The Hall–Kier alpha value is -2.76. The summed E-state index contributed by atoms with van der Waals surface area (Å²) in [5, 5.41) is 4.74. The van der Waals surface area contributed by atoms with Crippen LogP contribution in [0.3, 0.4) is 0 Å². The minimum absolute atomic E-state index is 0.347. The van der Waals surface area contributed by atoms with Crippen LogP contribution in [0.15, 0.2) is 64.1 Å². The van der Waals surface area contributed by atoms with E-state index in [9.17, 15) is 4.79 Å². The van der Waals surface area contributed by atoms with Crippen molar-refractivity contribution in [2.75, 3.05) is 7.11 Å². The van der Waals surface area contributed by atoms with Crippen molar-refractivity contribution in [2.45, 2.75) is 0 Å². The van der Waals surface area contributed by atoms with Crippen molar-refractivity contribution < 1.29 is 13.9 Å². The molecule has 0 unspecified atom stereocenters. The molecule has 2 aromatic carbocycles. The average Bonchev–Trinajstić information content (AvgIpc) is 3.11. The molecule has 26 heavy (non-hydrogen) atoms. The molecule has 0 saturated heterocycles. The number of ether oxygens (including phenoxy) is 1.